The van der Waals surface area contributed by atoms with Gasteiger partial charge in [-0.15, -0.1) is 0 Å². The number of rotatable bonds is 1. The number of nitrogens with zero attached hydrogens (tertiary/aromatic N) is 1. The molecule has 9 heavy (non-hydrogen) atoms. The van der Waals surface area contributed by atoms with Gasteiger partial charge in [0.15, 0.2) is 0 Å². The summed E-state index contributed by atoms with van der Waals surface area (Å²) in [6.45, 7) is 4.97. The van der Waals surface area contributed by atoms with Gasteiger partial charge in [0.25, 0.3) is 0 Å². The molecule has 1 fully saturated rings. The number of hydrogen-bond donors (Lipinski definition) is 1. The fraction of sp³-hybridized carbons (Fsp3) is 0.833. The van der Waals surface area contributed by atoms with E-state index in [-0.39, 0.29) is 5.91 Å². The molecule has 1 amide bonds. The molecule has 0 unspecified atom stereocenters. The van der Waals surface area contributed by atoms with E-state index in [2.05, 4.69) is 5.43 Å². The van der Waals surface area contributed by atoms with Gasteiger partial charge in [-0.2, -0.15) is 0 Å². The van der Waals surface area contributed by atoms with Gasteiger partial charge in [0.05, 0.1) is 0 Å². The summed E-state index contributed by atoms with van der Waals surface area (Å²) in [5.74, 6) is 0.143. The van der Waals surface area contributed by atoms with Gasteiger partial charge in [-0.1, -0.05) is 6.92 Å². The standard InChI is InChI=1S/C6H12N2O/c1-3-8-5(2)4-6(9)7-8/h5H,3-4H2,1-2H3,(H,7,9)/t5-/m1/s1. The first-order valence-electron chi connectivity index (χ1n) is 3.30. The average Bonchev–Trinajstić information content (AvgIpc) is 2.10. The second-order valence-electron chi connectivity index (χ2n) is 2.37. The topological polar surface area (TPSA) is 32.3 Å². The van der Waals surface area contributed by atoms with E-state index in [1.54, 1.807) is 0 Å². The molecule has 0 spiro atoms. The van der Waals surface area contributed by atoms with Crippen LogP contribution in [0.1, 0.15) is 20.3 Å². The lowest BCUT2D eigenvalue weighted by atomic mass is 10.2. The average molecular weight is 128 g/mol. The molecule has 0 radical (unpaired) electrons. The van der Waals surface area contributed by atoms with Crippen molar-refractivity contribution in [3.05, 3.63) is 0 Å². The van der Waals surface area contributed by atoms with E-state index < -0.39 is 0 Å². The molecule has 3 heteroatoms. The van der Waals surface area contributed by atoms with E-state index in [4.69, 9.17) is 0 Å². The molecule has 0 aromatic heterocycles. The zero-order chi connectivity index (χ0) is 6.85. The molecule has 0 aromatic carbocycles. The van der Waals surface area contributed by atoms with E-state index in [9.17, 15) is 4.79 Å². The maximum Gasteiger partial charge on any atom is 0.235 e. The summed E-state index contributed by atoms with van der Waals surface area (Å²) in [6.07, 6.45) is 0.647. The van der Waals surface area contributed by atoms with Crippen molar-refractivity contribution in [2.75, 3.05) is 6.54 Å². The van der Waals surface area contributed by atoms with E-state index in [1.807, 2.05) is 18.9 Å². The Morgan fingerprint density at radius 1 is 1.89 bits per heavy atom. The molecule has 1 saturated heterocycles. The fourth-order valence-corrected chi connectivity index (χ4v) is 1.09. The van der Waals surface area contributed by atoms with Crippen LogP contribution in [0.2, 0.25) is 0 Å². The van der Waals surface area contributed by atoms with Crippen LogP contribution in [0.5, 0.6) is 0 Å². The molecule has 1 N–H and O–H groups in total. The van der Waals surface area contributed by atoms with Gasteiger partial charge in [-0.05, 0) is 6.92 Å². The SMILES string of the molecule is CCN1NC(=O)C[C@H]1C. The summed E-state index contributed by atoms with van der Waals surface area (Å²) >= 11 is 0. The second kappa shape index (κ2) is 2.35. The third-order valence-corrected chi connectivity index (χ3v) is 1.62. The maximum atomic E-state index is 10.7. The summed E-state index contributed by atoms with van der Waals surface area (Å²) in [4.78, 5) is 10.7. The van der Waals surface area contributed by atoms with E-state index in [1.165, 1.54) is 0 Å². The Kier molecular flexibility index (Phi) is 1.71. The van der Waals surface area contributed by atoms with Gasteiger partial charge >= 0.3 is 0 Å². The van der Waals surface area contributed by atoms with Crippen LogP contribution in [-0.2, 0) is 4.79 Å². The van der Waals surface area contributed by atoms with Gasteiger partial charge in [-0.25, -0.2) is 5.01 Å². The zero-order valence-electron chi connectivity index (χ0n) is 5.85. The Bertz CT molecular complexity index is 124. The Hall–Kier alpha value is -0.570. The van der Waals surface area contributed by atoms with Gasteiger partial charge in [-0.3, -0.25) is 10.2 Å². The predicted octanol–water partition coefficient (Wildman–Crippen LogP) is 0.132. The summed E-state index contributed by atoms with van der Waals surface area (Å²) in [5, 5.41) is 1.95. The van der Waals surface area contributed by atoms with Crippen LogP contribution in [-0.4, -0.2) is 23.5 Å². The first-order valence-corrected chi connectivity index (χ1v) is 3.30. The Balaban J connectivity index is 2.47. The lowest BCUT2D eigenvalue weighted by Gasteiger charge is -2.16. The minimum Gasteiger partial charge on any atom is -0.289 e. The van der Waals surface area contributed by atoms with Crippen molar-refractivity contribution in [3.8, 4) is 0 Å². The molecule has 3 nitrogen and oxygen atoms in total. The number of nitrogens with one attached hydrogen (secondary N) is 1. The molecular weight excluding hydrogens is 116 g/mol. The Morgan fingerprint density at radius 2 is 2.56 bits per heavy atom. The highest BCUT2D eigenvalue weighted by atomic mass is 16.2. The van der Waals surface area contributed by atoms with Crippen molar-refractivity contribution >= 4 is 5.91 Å². The summed E-state index contributed by atoms with van der Waals surface area (Å²) in [5.41, 5.74) is 2.75. The smallest absolute Gasteiger partial charge is 0.235 e. The minimum atomic E-state index is 0.143. The highest BCUT2D eigenvalue weighted by Gasteiger charge is 2.23. The quantitative estimate of drug-likeness (QED) is 0.544. The van der Waals surface area contributed by atoms with Gasteiger partial charge in [0.1, 0.15) is 0 Å². The van der Waals surface area contributed by atoms with Crippen molar-refractivity contribution < 1.29 is 4.79 Å². The summed E-state index contributed by atoms with van der Waals surface area (Å²) in [7, 11) is 0. The predicted molar refractivity (Wildman–Crippen MR) is 34.6 cm³/mol. The van der Waals surface area contributed by atoms with E-state index in [0.29, 0.717) is 12.5 Å². The van der Waals surface area contributed by atoms with Crippen LogP contribution < -0.4 is 5.43 Å². The first-order chi connectivity index (χ1) is 4.24. The van der Waals surface area contributed by atoms with Crippen LogP contribution in [0.25, 0.3) is 0 Å². The Morgan fingerprint density at radius 3 is 2.78 bits per heavy atom. The number of carbonyl (C=O) groups excluding carboxylic acids is 1. The minimum absolute atomic E-state index is 0.143. The lowest BCUT2D eigenvalue weighted by molar-refractivity contribution is -0.120. The van der Waals surface area contributed by atoms with Crippen molar-refractivity contribution in [2.45, 2.75) is 26.3 Å². The summed E-state index contributed by atoms with van der Waals surface area (Å²) < 4.78 is 0. The van der Waals surface area contributed by atoms with Crippen LogP contribution in [0.3, 0.4) is 0 Å². The largest absolute Gasteiger partial charge is 0.289 e. The molecule has 0 saturated carbocycles. The third-order valence-electron chi connectivity index (χ3n) is 1.62. The molecule has 0 aliphatic carbocycles. The second-order valence-corrected chi connectivity index (χ2v) is 2.37. The van der Waals surface area contributed by atoms with Crippen molar-refractivity contribution in [3.63, 3.8) is 0 Å². The lowest BCUT2D eigenvalue weighted by Crippen LogP contribution is -2.36. The van der Waals surface area contributed by atoms with E-state index in [0.717, 1.165) is 6.54 Å². The molecule has 1 aliphatic heterocycles. The summed E-state index contributed by atoms with van der Waals surface area (Å²) in [6, 6.07) is 0.377. The van der Waals surface area contributed by atoms with E-state index >= 15 is 0 Å². The number of hydrogen-bond acceptors (Lipinski definition) is 2. The monoisotopic (exact) mass is 128 g/mol. The third kappa shape index (κ3) is 1.21. The van der Waals surface area contributed by atoms with Crippen LogP contribution in [0.4, 0.5) is 0 Å². The van der Waals surface area contributed by atoms with Crippen LogP contribution in [0.15, 0.2) is 0 Å². The molecule has 0 bridgehead atoms. The first kappa shape index (κ1) is 6.55. The molecule has 1 rings (SSSR count). The van der Waals surface area contributed by atoms with Crippen LogP contribution in [0, 0.1) is 0 Å². The number of hydrazine groups is 1. The van der Waals surface area contributed by atoms with Gasteiger partial charge in [0.2, 0.25) is 5.91 Å². The Labute approximate surface area is 55.0 Å². The highest BCUT2D eigenvalue weighted by Crippen LogP contribution is 2.06. The van der Waals surface area contributed by atoms with Gasteiger partial charge in [0, 0.05) is 19.0 Å². The molecule has 1 atom stereocenters. The number of carbonyl (C=O) groups is 1. The molecule has 1 heterocycles. The molecule has 1 aliphatic rings. The molecular formula is C6H12N2O. The fourth-order valence-electron chi connectivity index (χ4n) is 1.09. The molecule has 52 valence electrons. The van der Waals surface area contributed by atoms with Crippen molar-refractivity contribution in [2.24, 2.45) is 0 Å². The number of amides is 1. The zero-order valence-corrected chi connectivity index (χ0v) is 5.85. The van der Waals surface area contributed by atoms with Crippen LogP contribution >= 0.6 is 0 Å². The molecule has 0 aromatic rings. The maximum absolute atomic E-state index is 10.7. The highest BCUT2D eigenvalue weighted by molar-refractivity contribution is 5.77. The van der Waals surface area contributed by atoms with Crippen molar-refractivity contribution in [1.82, 2.24) is 10.4 Å². The van der Waals surface area contributed by atoms with Crippen molar-refractivity contribution in [1.29, 1.82) is 0 Å². The normalized spacial score (nSPS) is 28.7. The van der Waals surface area contributed by atoms with Gasteiger partial charge < -0.3 is 0 Å².